The third-order valence-electron chi connectivity index (χ3n) is 4.66. The first-order chi connectivity index (χ1) is 14.2. The lowest BCUT2D eigenvalue weighted by molar-refractivity contribution is -0.133. The second kappa shape index (κ2) is 9.05. The van der Waals surface area contributed by atoms with E-state index in [0.717, 1.165) is 11.8 Å². The number of fused-ring (bicyclic) bond motifs is 1. The highest BCUT2D eigenvalue weighted by Gasteiger charge is 2.34. The summed E-state index contributed by atoms with van der Waals surface area (Å²) in [5.74, 6) is -1.98. The molecule has 0 aromatic heterocycles. The van der Waals surface area contributed by atoms with E-state index in [4.69, 9.17) is 5.11 Å². The topological polar surface area (TPSA) is 104 Å². The van der Waals surface area contributed by atoms with Crippen molar-refractivity contribution in [3.63, 3.8) is 0 Å². The molecule has 0 fully saturated rings. The number of nitrogens with zero attached hydrogens (tertiary/aromatic N) is 1. The van der Waals surface area contributed by atoms with E-state index in [1.54, 1.807) is 0 Å². The molecule has 1 aliphatic heterocycles. The first kappa shape index (κ1) is 22.1. The molecule has 160 valence electrons. The molecule has 1 aliphatic rings. The molecule has 2 aromatic carbocycles. The van der Waals surface area contributed by atoms with E-state index in [-0.39, 0.29) is 28.4 Å². The lowest BCUT2D eigenvalue weighted by Crippen LogP contribution is -2.42. The summed E-state index contributed by atoms with van der Waals surface area (Å²) in [5.41, 5.74) is 1.53. The van der Waals surface area contributed by atoms with Crippen molar-refractivity contribution in [2.24, 2.45) is 0 Å². The summed E-state index contributed by atoms with van der Waals surface area (Å²) in [5, 5.41) is 11.2. The molecule has 0 spiro atoms. The number of sulfonamides is 1. The first-order valence-corrected chi connectivity index (χ1v) is 11.8. The maximum atomic E-state index is 13.6. The zero-order valence-electron chi connectivity index (χ0n) is 16.2. The van der Waals surface area contributed by atoms with Gasteiger partial charge in [0.05, 0.1) is 22.1 Å². The van der Waals surface area contributed by atoms with Crippen LogP contribution >= 0.6 is 11.8 Å². The van der Waals surface area contributed by atoms with Gasteiger partial charge in [-0.1, -0.05) is 0 Å². The van der Waals surface area contributed by atoms with Gasteiger partial charge in [0.1, 0.15) is 5.82 Å². The van der Waals surface area contributed by atoms with Gasteiger partial charge in [-0.05, 0) is 67.8 Å². The van der Waals surface area contributed by atoms with Crippen LogP contribution in [0.15, 0.2) is 47.4 Å². The fourth-order valence-corrected chi connectivity index (χ4v) is 5.56. The van der Waals surface area contributed by atoms with Crippen LogP contribution in [0.5, 0.6) is 0 Å². The SMILES string of the molecule is C[C@H]1CCc2cc(F)ccc2N1S(=O)(=O)c1ccc(NC(=O)CSCC(=O)O)cc1. The number of thioether (sulfide) groups is 1. The predicted molar refractivity (Wildman–Crippen MR) is 114 cm³/mol. The number of anilines is 2. The fraction of sp³-hybridized carbons (Fsp3) is 0.300. The average Bonchev–Trinajstić information content (AvgIpc) is 2.68. The van der Waals surface area contributed by atoms with Gasteiger partial charge in [0.25, 0.3) is 10.0 Å². The van der Waals surface area contributed by atoms with Crippen LogP contribution in [0.25, 0.3) is 0 Å². The van der Waals surface area contributed by atoms with Gasteiger partial charge in [-0.15, -0.1) is 11.8 Å². The van der Waals surface area contributed by atoms with Crippen molar-refractivity contribution in [1.29, 1.82) is 0 Å². The van der Waals surface area contributed by atoms with Crippen LogP contribution in [-0.2, 0) is 26.0 Å². The molecule has 1 heterocycles. The molecular weight excluding hydrogens is 431 g/mol. The summed E-state index contributed by atoms with van der Waals surface area (Å²) in [7, 11) is -3.88. The Morgan fingerprint density at radius 3 is 2.57 bits per heavy atom. The quantitative estimate of drug-likeness (QED) is 0.669. The number of hydrogen-bond acceptors (Lipinski definition) is 5. The number of amides is 1. The molecule has 0 radical (unpaired) electrons. The minimum atomic E-state index is -3.88. The maximum absolute atomic E-state index is 13.6. The van der Waals surface area contributed by atoms with Crippen LogP contribution in [0.3, 0.4) is 0 Å². The number of aryl methyl sites for hydroxylation is 1. The Kier molecular flexibility index (Phi) is 6.67. The number of aliphatic carboxylic acids is 1. The molecule has 10 heteroatoms. The third kappa shape index (κ3) is 4.93. The first-order valence-electron chi connectivity index (χ1n) is 9.21. The maximum Gasteiger partial charge on any atom is 0.313 e. The standard InChI is InChI=1S/C20H21FN2O5S2/c1-13-2-3-14-10-15(21)4-9-18(14)23(13)30(27,28)17-7-5-16(6-8-17)22-19(24)11-29-12-20(25)26/h4-10,13H,2-3,11-12H2,1H3,(H,22,24)(H,25,26)/t13-/m0/s1. The molecule has 0 bridgehead atoms. The van der Waals surface area contributed by atoms with Crippen molar-refractivity contribution in [3.05, 3.63) is 53.8 Å². The number of benzene rings is 2. The van der Waals surface area contributed by atoms with Crippen molar-refractivity contribution < 1.29 is 27.5 Å². The molecule has 1 amide bonds. The van der Waals surface area contributed by atoms with Gasteiger partial charge in [0, 0.05) is 11.7 Å². The minimum Gasteiger partial charge on any atom is -0.481 e. The number of carboxylic acid groups (broad SMARTS) is 1. The highest BCUT2D eigenvalue weighted by molar-refractivity contribution is 8.00. The van der Waals surface area contributed by atoms with Gasteiger partial charge in [0.2, 0.25) is 5.91 Å². The van der Waals surface area contributed by atoms with Gasteiger partial charge >= 0.3 is 5.97 Å². The largest absolute Gasteiger partial charge is 0.481 e. The third-order valence-corrected chi connectivity index (χ3v) is 7.52. The van der Waals surface area contributed by atoms with Gasteiger partial charge in [0.15, 0.2) is 0 Å². The van der Waals surface area contributed by atoms with E-state index >= 15 is 0 Å². The zero-order valence-corrected chi connectivity index (χ0v) is 17.8. The summed E-state index contributed by atoms with van der Waals surface area (Å²) in [4.78, 5) is 22.4. The van der Waals surface area contributed by atoms with Crippen LogP contribution in [0.2, 0.25) is 0 Å². The number of carbonyl (C=O) groups excluding carboxylic acids is 1. The highest BCUT2D eigenvalue weighted by Crippen LogP contribution is 2.35. The van der Waals surface area contributed by atoms with Gasteiger partial charge < -0.3 is 10.4 Å². The minimum absolute atomic E-state index is 0.0228. The van der Waals surface area contributed by atoms with E-state index in [9.17, 15) is 22.4 Å². The van der Waals surface area contributed by atoms with Crippen LogP contribution in [0, 0.1) is 5.82 Å². The Balaban J connectivity index is 1.77. The molecule has 0 saturated heterocycles. The van der Waals surface area contributed by atoms with Gasteiger partial charge in [-0.25, -0.2) is 12.8 Å². The molecule has 2 aromatic rings. The molecule has 3 rings (SSSR count). The summed E-state index contributed by atoms with van der Waals surface area (Å²) in [6.45, 7) is 1.81. The normalized spacial score (nSPS) is 16.1. The molecule has 30 heavy (non-hydrogen) atoms. The van der Waals surface area contributed by atoms with E-state index in [1.807, 2.05) is 6.92 Å². The Bertz CT molecular complexity index is 1060. The van der Waals surface area contributed by atoms with Crippen LogP contribution in [0.1, 0.15) is 18.9 Å². The smallest absolute Gasteiger partial charge is 0.313 e. The average molecular weight is 453 g/mol. The zero-order chi connectivity index (χ0) is 21.9. The second-order valence-corrected chi connectivity index (χ2v) is 9.72. The van der Waals surface area contributed by atoms with Crippen molar-refractivity contribution >= 4 is 45.0 Å². The number of hydrogen-bond donors (Lipinski definition) is 2. The number of rotatable bonds is 7. The molecule has 0 unspecified atom stereocenters. The Labute approximate surface area is 178 Å². The lowest BCUT2D eigenvalue weighted by Gasteiger charge is -2.36. The second-order valence-electron chi connectivity index (χ2n) is 6.92. The summed E-state index contributed by atoms with van der Waals surface area (Å²) in [6.07, 6.45) is 1.18. The fourth-order valence-electron chi connectivity index (χ4n) is 3.31. The van der Waals surface area contributed by atoms with Crippen LogP contribution in [-0.4, -0.2) is 42.9 Å². The Morgan fingerprint density at radius 1 is 1.20 bits per heavy atom. The van der Waals surface area contributed by atoms with Crippen molar-refractivity contribution in [3.8, 4) is 0 Å². The number of nitrogens with one attached hydrogen (secondary N) is 1. The predicted octanol–water partition coefficient (Wildman–Crippen LogP) is 3.11. The van der Waals surface area contributed by atoms with Gasteiger partial charge in [-0.3, -0.25) is 13.9 Å². The number of carboxylic acids is 1. The Hall–Kier alpha value is -2.59. The van der Waals surface area contributed by atoms with Crippen LogP contribution in [0.4, 0.5) is 15.8 Å². The molecular formula is C20H21FN2O5S2. The molecule has 2 N–H and O–H groups in total. The van der Waals surface area contributed by atoms with Crippen LogP contribution < -0.4 is 9.62 Å². The summed E-state index contributed by atoms with van der Waals surface area (Å²) >= 11 is 0.969. The Morgan fingerprint density at radius 2 is 1.90 bits per heavy atom. The van der Waals surface area contributed by atoms with E-state index in [0.29, 0.717) is 29.8 Å². The number of halogens is 1. The van der Waals surface area contributed by atoms with Crippen molar-refractivity contribution in [2.45, 2.75) is 30.7 Å². The highest BCUT2D eigenvalue weighted by atomic mass is 32.2. The van der Waals surface area contributed by atoms with Crippen molar-refractivity contribution in [1.82, 2.24) is 0 Å². The molecule has 0 aliphatic carbocycles. The molecule has 0 saturated carbocycles. The number of carbonyl (C=O) groups is 2. The van der Waals surface area contributed by atoms with E-state index in [1.165, 1.54) is 46.8 Å². The molecule has 7 nitrogen and oxygen atoms in total. The van der Waals surface area contributed by atoms with E-state index < -0.39 is 21.8 Å². The van der Waals surface area contributed by atoms with E-state index in [2.05, 4.69) is 5.32 Å². The molecule has 1 atom stereocenters. The summed E-state index contributed by atoms with van der Waals surface area (Å²) < 4.78 is 41.4. The van der Waals surface area contributed by atoms with Crippen molar-refractivity contribution in [2.75, 3.05) is 21.1 Å². The van der Waals surface area contributed by atoms with Gasteiger partial charge in [-0.2, -0.15) is 0 Å². The summed E-state index contributed by atoms with van der Waals surface area (Å²) in [6, 6.07) is 9.59. The monoisotopic (exact) mass is 452 g/mol. The lowest BCUT2D eigenvalue weighted by atomic mass is 9.99.